The van der Waals surface area contributed by atoms with Crippen LogP contribution in [0.2, 0.25) is 0 Å². The molecule has 0 bridgehead atoms. The Morgan fingerprint density at radius 3 is 2.28 bits per heavy atom. The fraction of sp³-hybridized carbons (Fsp3) is 0.533. The molecule has 0 aromatic heterocycles. The number of piperidine rings is 1. The molecule has 1 aromatic carbocycles. The monoisotopic (exact) mass is 246 g/mol. The third-order valence-electron chi connectivity index (χ3n) is 3.53. The predicted molar refractivity (Wildman–Crippen MR) is 73.3 cm³/mol. The maximum absolute atomic E-state index is 12.6. The van der Waals surface area contributed by atoms with E-state index >= 15 is 0 Å². The van der Waals surface area contributed by atoms with Crippen LogP contribution in [0.5, 0.6) is 0 Å². The lowest BCUT2D eigenvalue weighted by atomic mass is 10.0. The number of amides is 1. The fourth-order valence-electron chi connectivity index (χ4n) is 2.58. The minimum atomic E-state index is -0.149. The smallest absolute Gasteiger partial charge is 0.244 e. The van der Waals surface area contributed by atoms with Crippen LogP contribution in [0.1, 0.15) is 30.9 Å². The van der Waals surface area contributed by atoms with Gasteiger partial charge in [0.1, 0.15) is 6.04 Å². The van der Waals surface area contributed by atoms with Crippen molar-refractivity contribution in [2.45, 2.75) is 25.3 Å². The standard InChI is InChI=1S/C15H22N2O/c1-16(2)14(13-9-5-3-6-10-13)15(18)17-11-7-4-8-12-17/h3,5-6,9-10,14H,4,7-8,11-12H2,1-2H3. The number of likely N-dealkylation sites (tertiary alicyclic amines) is 1. The zero-order valence-corrected chi connectivity index (χ0v) is 11.3. The van der Waals surface area contributed by atoms with Crippen LogP contribution in [0, 0.1) is 0 Å². The number of carbonyl (C=O) groups excluding carboxylic acids is 1. The van der Waals surface area contributed by atoms with Gasteiger partial charge in [0.05, 0.1) is 0 Å². The van der Waals surface area contributed by atoms with Crippen LogP contribution in [0.3, 0.4) is 0 Å². The SMILES string of the molecule is CN(C)C(C(=O)N1CCCCC1)c1ccccc1. The van der Waals surface area contributed by atoms with E-state index in [2.05, 4.69) is 0 Å². The van der Waals surface area contributed by atoms with Gasteiger partial charge in [-0.25, -0.2) is 0 Å². The first kappa shape index (κ1) is 13.1. The third-order valence-corrected chi connectivity index (χ3v) is 3.53. The lowest BCUT2D eigenvalue weighted by Crippen LogP contribution is -2.43. The summed E-state index contributed by atoms with van der Waals surface area (Å²) in [5.41, 5.74) is 1.08. The van der Waals surface area contributed by atoms with Gasteiger partial charge in [-0.05, 0) is 38.9 Å². The van der Waals surface area contributed by atoms with Crippen LogP contribution < -0.4 is 0 Å². The highest BCUT2D eigenvalue weighted by Crippen LogP contribution is 2.22. The largest absolute Gasteiger partial charge is 0.341 e. The Morgan fingerprint density at radius 1 is 1.11 bits per heavy atom. The second-order valence-electron chi connectivity index (χ2n) is 5.16. The summed E-state index contributed by atoms with van der Waals surface area (Å²) in [6.07, 6.45) is 3.53. The van der Waals surface area contributed by atoms with E-state index in [0.29, 0.717) is 0 Å². The topological polar surface area (TPSA) is 23.6 Å². The average Bonchev–Trinajstić information content (AvgIpc) is 2.40. The number of hydrogen-bond donors (Lipinski definition) is 0. The molecule has 1 amide bonds. The number of hydrogen-bond acceptors (Lipinski definition) is 2. The van der Waals surface area contributed by atoms with Crippen molar-refractivity contribution >= 4 is 5.91 Å². The molecule has 1 saturated heterocycles. The van der Waals surface area contributed by atoms with Crippen molar-refractivity contribution in [1.29, 1.82) is 0 Å². The molecule has 2 rings (SSSR count). The molecule has 1 aliphatic heterocycles. The van der Waals surface area contributed by atoms with Crippen LogP contribution in [0.25, 0.3) is 0 Å². The Kier molecular flexibility index (Phi) is 4.37. The van der Waals surface area contributed by atoms with Gasteiger partial charge in [0, 0.05) is 13.1 Å². The quantitative estimate of drug-likeness (QED) is 0.817. The second-order valence-corrected chi connectivity index (χ2v) is 5.16. The highest BCUT2D eigenvalue weighted by Gasteiger charge is 2.28. The molecule has 1 fully saturated rings. The van der Waals surface area contributed by atoms with Crippen molar-refractivity contribution in [1.82, 2.24) is 9.80 Å². The molecule has 1 aliphatic rings. The first-order valence-electron chi connectivity index (χ1n) is 6.70. The second kappa shape index (κ2) is 6.01. The van der Waals surface area contributed by atoms with Crippen molar-refractivity contribution in [3.05, 3.63) is 35.9 Å². The van der Waals surface area contributed by atoms with Crippen LogP contribution >= 0.6 is 0 Å². The molecule has 18 heavy (non-hydrogen) atoms. The summed E-state index contributed by atoms with van der Waals surface area (Å²) in [7, 11) is 3.94. The van der Waals surface area contributed by atoms with Crippen molar-refractivity contribution in [2.75, 3.05) is 27.2 Å². The number of nitrogens with zero attached hydrogens (tertiary/aromatic N) is 2. The molecule has 3 heteroatoms. The molecule has 3 nitrogen and oxygen atoms in total. The zero-order chi connectivity index (χ0) is 13.0. The van der Waals surface area contributed by atoms with Crippen molar-refractivity contribution in [3.8, 4) is 0 Å². The maximum Gasteiger partial charge on any atom is 0.244 e. The first-order valence-corrected chi connectivity index (χ1v) is 6.70. The van der Waals surface area contributed by atoms with E-state index in [-0.39, 0.29) is 11.9 Å². The van der Waals surface area contributed by atoms with Gasteiger partial charge < -0.3 is 4.90 Å². The molecule has 1 atom stereocenters. The molecular weight excluding hydrogens is 224 g/mol. The molecule has 1 heterocycles. The molecule has 0 spiro atoms. The van der Waals surface area contributed by atoms with E-state index in [1.54, 1.807) is 0 Å². The highest BCUT2D eigenvalue weighted by molar-refractivity contribution is 5.83. The van der Waals surface area contributed by atoms with E-state index < -0.39 is 0 Å². The van der Waals surface area contributed by atoms with E-state index in [1.807, 2.05) is 54.2 Å². The Bertz CT molecular complexity index is 383. The lowest BCUT2D eigenvalue weighted by Gasteiger charge is -2.33. The van der Waals surface area contributed by atoms with Crippen LogP contribution in [0.4, 0.5) is 0 Å². The molecule has 1 unspecified atom stereocenters. The van der Waals surface area contributed by atoms with E-state index in [9.17, 15) is 4.79 Å². The molecule has 98 valence electrons. The van der Waals surface area contributed by atoms with Crippen molar-refractivity contribution in [3.63, 3.8) is 0 Å². The molecule has 1 aromatic rings. The van der Waals surface area contributed by atoms with Gasteiger partial charge in [-0.1, -0.05) is 30.3 Å². The Hall–Kier alpha value is -1.35. The van der Waals surface area contributed by atoms with Crippen molar-refractivity contribution < 1.29 is 4.79 Å². The van der Waals surface area contributed by atoms with Gasteiger partial charge in [0.2, 0.25) is 5.91 Å². The summed E-state index contributed by atoms with van der Waals surface area (Å²) < 4.78 is 0. The van der Waals surface area contributed by atoms with Gasteiger partial charge in [0.25, 0.3) is 0 Å². The first-order chi connectivity index (χ1) is 8.70. The molecule has 0 aliphatic carbocycles. The number of carbonyl (C=O) groups is 1. The summed E-state index contributed by atoms with van der Waals surface area (Å²) in [5.74, 6) is 0.242. The minimum absolute atomic E-state index is 0.149. The van der Waals surface area contributed by atoms with E-state index in [4.69, 9.17) is 0 Å². The van der Waals surface area contributed by atoms with Gasteiger partial charge in [-0.2, -0.15) is 0 Å². The third kappa shape index (κ3) is 2.91. The minimum Gasteiger partial charge on any atom is -0.341 e. The Balaban J connectivity index is 2.17. The summed E-state index contributed by atoms with van der Waals surface area (Å²) >= 11 is 0. The summed E-state index contributed by atoms with van der Waals surface area (Å²) in [5, 5.41) is 0. The zero-order valence-electron chi connectivity index (χ0n) is 11.3. The van der Waals surface area contributed by atoms with Crippen LogP contribution in [-0.4, -0.2) is 42.9 Å². The molecule has 0 saturated carbocycles. The molecule has 0 radical (unpaired) electrons. The van der Waals surface area contributed by atoms with Gasteiger partial charge >= 0.3 is 0 Å². The van der Waals surface area contributed by atoms with Gasteiger partial charge in [-0.3, -0.25) is 9.69 Å². The molecule has 0 N–H and O–H groups in total. The normalized spacial score (nSPS) is 17.8. The summed E-state index contributed by atoms with van der Waals surface area (Å²) in [6.45, 7) is 1.83. The Morgan fingerprint density at radius 2 is 1.72 bits per heavy atom. The van der Waals surface area contributed by atoms with Crippen molar-refractivity contribution in [2.24, 2.45) is 0 Å². The van der Waals surface area contributed by atoms with E-state index in [0.717, 1.165) is 31.5 Å². The molecular formula is C15H22N2O. The van der Waals surface area contributed by atoms with E-state index in [1.165, 1.54) is 6.42 Å². The van der Waals surface area contributed by atoms with Crippen LogP contribution in [-0.2, 0) is 4.79 Å². The summed E-state index contributed by atoms with van der Waals surface area (Å²) in [4.78, 5) is 16.6. The number of rotatable bonds is 3. The Labute approximate surface area is 109 Å². The lowest BCUT2D eigenvalue weighted by molar-refractivity contribution is -0.137. The average molecular weight is 246 g/mol. The number of benzene rings is 1. The number of likely N-dealkylation sites (N-methyl/N-ethyl adjacent to an activating group) is 1. The van der Waals surface area contributed by atoms with Gasteiger partial charge in [0.15, 0.2) is 0 Å². The van der Waals surface area contributed by atoms with Gasteiger partial charge in [-0.15, -0.1) is 0 Å². The fourth-order valence-corrected chi connectivity index (χ4v) is 2.58. The maximum atomic E-state index is 12.6. The highest BCUT2D eigenvalue weighted by atomic mass is 16.2. The predicted octanol–water partition coefficient (Wildman–Crippen LogP) is 2.30. The van der Waals surface area contributed by atoms with Crippen LogP contribution in [0.15, 0.2) is 30.3 Å². The summed E-state index contributed by atoms with van der Waals surface area (Å²) in [6, 6.07) is 9.90.